The number of nitrogen functional groups attached to an aromatic ring is 1. The predicted molar refractivity (Wildman–Crippen MR) is 86.4 cm³/mol. The lowest BCUT2D eigenvalue weighted by atomic mass is 10.2. The van der Waals surface area contributed by atoms with Crippen molar-refractivity contribution >= 4 is 11.7 Å². The number of nitrogens with one attached hydrogen (secondary N) is 1. The normalized spacial score (nSPS) is 12.4. The maximum atomic E-state index is 12.0. The third kappa shape index (κ3) is 6.84. The zero-order valence-electron chi connectivity index (χ0n) is 13.9. The van der Waals surface area contributed by atoms with Gasteiger partial charge in [0.05, 0.1) is 13.2 Å². The number of carbonyl (C=O) groups is 1. The van der Waals surface area contributed by atoms with Crippen molar-refractivity contribution in [1.82, 2.24) is 15.0 Å². The van der Waals surface area contributed by atoms with E-state index < -0.39 is 38.1 Å². The number of ether oxygens (including phenoxy) is 1. The van der Waals surface area contributed by atoms with E-state index in [1.807, 2.05) is 0 Å². The van der Waals surface area contributed by atoms with Crippen LogP contribution in [0.4, 0.5) is 5.82 Å². The number of aliphatic hydroxyl groups excluding tert-OH is 4. The second-order valence-electron chi connectivity index (χ2n) is 5.19. The van der Waals surface area contributed by atoms with E-state index in [1.54, 1.807) is 0 Å². The molecule has 1 heterocycles. The summed E-state index contributed by atoms with van der Waals surface area (Å²) >= 11 is 0. The van der Waals surface area contributed by atoms with Crippen molar-refractivity contribution in [2.75, 3.05) is 38.7 Å². The maximum absolute atomic E-state index is 12.0. The summed E-state index contributed by atoms with van der Waals surface area (Å²) in [6.07, 6.45) is 1.18. The minimum absolute atomic E-state index is 0.0419. The van der Waals surface area contributed by atoms with Crippen molar-refractivity contribution in [2.45, 2.75) is 31.7 Å². The van der Waals surface area contributed by atoms with E-state index in [4.69, 9.17) is 30.6 Å². The summed E-state index contributed by atoms with van der Waals surface area (Å²) in [5, 5.41) is 38.5. The highest BCUT2D eigenvalue weighted by Gasteiger charge is 2.21. The summed E-state index contributed by atoms with van der Waals surface area (Å²) in [5.74, 6) is -0.562. The number of nitrogens with two attached hydrogens (primary N) is 1. The Balaban J connectivity index is 2.58. The van der Waals surface area contributed by atoms with E-state index in [-0.39, 0.29) is 18.1 Å². The number of amides is 1. The van der Waals surface area contributed by atoms with Gasteiger partial charge in [0.25, 0.3) is 5.91 Å². The summed E-state index contributed by atoms with van der Waals surface area (Å²) in [7, 11) is 0. The first-order valence-corrected chi connectivity index (χ1v) is 7.94. The molecule has 1 aromatic rings. The van der Waals surface area contributed by atoms with Gasteiger partial charge in [0.1, 0.15) is 19.0 Å². The molecule has 11 nitrogen and oxygen atoms in total. The number of hydrogen-bond acceptors (Lipinski definition) is 9. The van der Waals surface area contributed by atoms with E-state index in [0.29, 0.717) is 19.4 Å². The quantitative estimate of drug-likeness (QED) is 0.163. The molecule has 0 aliphatic carbocycles. The van der Waals surface area contributed by atoms with Crippen LogP contribution in [0, 0.1) is 0 Å². The molecule has 0 fully saturated rings. The molecule has 1 aromatic heterocycles. The van der Waals surface area contributed by atoms with Crippen LogP contribution in [0.15, 0.2) is 6.33 Å². The largest absolute Gasteiger partial charge is 0.396 e. The Bertz CT molecular complexity index is 507. The van der Waals surface area contributed by atoms with Gasteiger partial charge in [-0.3, -0.25) is 4.79 Å². The Morgan fingerprint density at radius 2 is 1.92 bits per heavy atom. The summed E-state index contributed by atoms with van der Waals surface area (Å²) < 4.78 is 6.10. The molecule has 0 aliphatic heterocycles. The molecule has 0 bridgehead atoms. The van der Waals surface area contributed by atoms with Crippen LogP contribution in [0.25, 0.3) is 0 Å². The predicted octanol–water partition coefficient (Wildman–Crippen LogP) is -2.53. The topological polar surface area (TPSA) is 172 Å². The monoisotopic (exact) mass is 362 g/mol. The van der Waals surface area contributed by atoms with Crippen LogP contribution < -0.4 is 15.9 Å². The molecule has 0 aliphatic rings. The van der Waals surface area contributed by atoms with Crippen LogP contribution in [-0.2, 0) is 4.74 Å². The van der Waals surface area contributed by atoms with Crippen LogP contribution in [0.3, 0.4) is 0 Å². The third-order valence-corrected chi connectivity index (χ3v) is 3.24. The fourth-order valence-electron chi connectivity index (χ4n) is 1.89. The van der Waals surface area contributed by atoms with Gasteiger partial charge in [0, 0.05) is 13.2 Å². The number of aliphatic hydroxyl groups is 4. The molecule has 1 atom stereocenters. The first-order chi connectivity index (χ1) is 12.1. The van der Waals surface area contributed by atoms with Gasteiger partial charge in [0.15, 0.2) is 11.5 Å². The Kier molecular flexibility index (Phi) is 9.80. The van der Waals surface area contributed by atoms with E-state index in [9.17, 15) is 9.90 Å². The van der Waals surface area contributed by atoms with Gasteiger partial charge in [-0.15, -0.1) is 0 Å². The highest BCUT2D eigenvalue weighted by atomic mass is 16.8. The van der Waals surface area contributed by atoms with Gasteiger partial charge in [-0.05, 0) is 19.3 Å². The maximum Gasteiger partial charge on any atom is 0.273 e. The van der Waals surface area contributed by atoms with Crippen molar-refractivity contribution in [2.24, 2.45) is 0 Å². The van der Waals surface area contributed by atoms with E-state index in [0.717, 1.165) is 17.5 Å². The molecular formula is C14H26N4O7. The zero-order chi connectivity index (χ0) is 18.7. The number of nitrogens with zero attached hydrogens (tertiary/aromatic N) is 2. The number of unbranched alkanes of at least 4 members (excludes halogenated alkanes) is 2. The molecule has 25 heavy (non-hydrogen) atoms. The molecule has 0 saturated heterocycles. The van der Waals surface area contributed by atoms with Crippen LogP contribution in [0.2, 0.25) is 0 Å². The average Bonchev–Trinajstić information content (AvgIpc) is 2.98. The van der Waals surface area contributed by atoms with Gasteiger partial charge in [-0.25, -0.2) is 4.98 Å². The Hall–Kier alpha value is -1.92. The Morgan fingerprint density at radius 1 is 1.20 bits per heavy atom. The zero-order valence-corrected chi connectivity index (χ0v) is 13.9. The van der Waals surface area contributed by atoms with Crippen molar-refractivity contribution in [1.29, 1.82) is 0 Å². The summed E-state index contributed by atoms with van der Waals surface area (Å²) in [6, 6.07) is 0. The number of rotatable bonds is 13. The molecule has 7 N–H and O–H groups in total. The van der Waals surface area contributed by atoms with Crippen molar-refractivity contribution in [3.8, 4) is 0 Å². The van der Waals surface area contributed by atoms with Gasteiger partial charge in [-0.2, -0.15) is 4.73 Å². The Labute approximate surface area is 144 Å². The summed E-state index contributed by atoms with van der Waals surface area (Å²) in [6.45, 7) is -0.951. The summed E-state index contributed by atoms with van der Waals surface area (Å²) in [5.41, 5.74) is 5.76. The number of hydrogen-bond donors (Lipinski definition) is 6. The molecular weight excluding hydrogens is 336 g/mol. The van der Waals surface area contributed by atoms with Crippen molar-refractivity contribution in [3.63, 3.8) is 0 Å². The fourth-order valence-corrected chi connectivity index (χ4v) is 1.89. The van der Waals surface area contributed by atoms with Gasteiger partial charge < -0.3 is 41.1 Å². The second-order valence-corrected chi connectivity index (χ2v) is 5.19. The number of aromatic nitrogens is 2. The molecule has 0 aromatic carbocycles. The summed E-state index contributed by atoms with van der Waals surface area (Å²) in [4.78, 5) is 21.1. The average molecular weight is 362 g/mol. The molecule has 0 spiro atoms. The number of imidazole rings is 1. The highest BCUT2D eigenvalue weighted by Crippen LogP contribution is 2.10. The number of anilines is 1. The lowest BCUT2D eigenvalue weighted by molar-refractivity contribution is -0.201. The molecule has 1 amide bonds. The van der Waals surface area contributed by atoms with E-state index >= 15 is 0 Å². The molecule has 0 saturated carbocycles. The smallest absolute Gasteiger partial charge is 0.273 e. The van der Waals surface area contributed by atoms with Gasteiger partial charge >= 0.3 is 0 Å². The lowest BCUT2D eigenvalue weighted by Crippen LogP contribution is -2.38. The molecule has 1 unspecified atom stereocenters. The first kappa shape index (κ1) is 21.1. The second kappa shape index (κ2) is 11.6. The molecule has 0 radical (unpaired) electrons. The van der Waals surface area contributed by atoms with Crippen molar-refractivity contribution < 1.29 is 34.8 Å². The Morgan fingerprint density at radius 3 is 2.52 bits per heavy atom. The molecule has 144 valence electrons. The van der Waals surface area contributed by atoms with Gasteiger partial charge in [0.2, 0.25) is 6.29 Å². The van der Waals surface area contributed by atoms with Crippen LogP contribution >= 0.6 is 0 Å². The number of carbonyl (C=O) groups excluding carboxylic acids is 1. The minimum atomic E-state index is -1.21. The van der Waals surface area contributed by atoms with Crippen LogP contribution in [0.5, 0.6) is 0 Å². The van der Waals surface area contributed by atoms with E-state index in [1.165, 1.54) is 0 Å². The van der Waals surface area contributed by atoms with Crippen LogP contribution in [0.1, 0.15) is 29.8 Å². The first-order valence-electron chi connectivity index (χ1n) is 7.94. The fraction of sp³-hybridized carbons (Fsp3) is 0.714. The molecule has 1 rings (SSSR count). The third-order valence-electron chi connectivity index (χ3n) is 3.24. The van der Waals surface area contributed by atoms with E-state index in [2.05, 4.69) is 10.3 Å². The highest BCUT2D eigenvalue weighted by molar-refractivity contribution is 5.96. The van der Waals surface area contributed by atoms with Crippen molar-refractivity contribution in [3.05, 3.63) is 12.0 Å². The van der Waals surface area contributed by atoms with Gasteiger partial charge in [-0.1, -0.05) is 0 Å². The molecule has 11 heteroatoms. The minimum Gasteiger partial charge on any atom is -0.396 e. The standard InChI is InChI=1S/C14H26N4O7/c15-13-12(14(23)16-4-2-1-3-5-19)17-9-18(13)25-11(8-22)24-10(6-20)7-21/h9-11,19-22H,1-8,15H2,(H,16,23). The SMILES string of the molecule is Nc1c(C(=O)NCCCCCO)ncn1OC(CO)OC(CO)CO. The lowest BCUT2D eigenvalue weighted by Gasteiger charge is -2.21. The van der Waals surface area contributed by atoms with Crippen LogP contribution in [-0.4, -0.2) is 81.4 Å².